The summed E-state index contributed by atoms with van der Waals surface area (Å²) in [5, 5.41) is 5.76. The van der Waals surface area contributed by atoms with E-state index in [0.29, 0.717) is 41.4 Å². The van der Waals surface area contributed by atoms with Crippen LogP contribution in [0.25, 0.3) is 11.1 Å². The number of carbonyl (C=O) groups excluding carboxylic acids is 2. The maximum absolute atomic E-state index is 12.8. The van der Waals surface area contributed by atoms with Crippen LogP contribution in [0.1, 0.15) is 31.8 Å². The van der Waals surface area contributed by atoms with E-state index < -0.39 is 0 Å². The quantitative estimate of drug-likeness (QED) is 0.395. The molecule has 0 aliphatic carbocycles. The number of carbonyl (C=O) groups is 2. The largest absolute Gasteiger partial charge is 0.454 e. The van der Waals surface area contributed by atoms with Crippen LogP contribution in [0.5, 0.6) is 11.5 Å². The highest BCUT2D eigenvalue weighted by Gasteiger charge is 2.21. The van der Waals surface area contributed by atoms with E-state index >= 15 is 0 Å². The van der Waals surface area contributed by atoms with E-state index in [1.165, 1.54) is 0 Å². The molecule has 0 unspecified atom stereocenters. The number of para-hydroxylation sites is 1. The lowest BCUT2D eigenvalue weighted by Crippen LogP contribution is -2.23. The average Bonchev–Trinajstić information content (AvgIpc) is 3.03. The van der Waals surface area contributed by atoms with E-state index in [9.17, 15) is 9.59 Å². The molecule has 6 nitrogen and oxygen atoms in total. The Morgan fingerprint density at radius 3 is 2.21 bits per heavy atom. The standard InChI is InChI=1S/C28H23N3O3/c29-16-18-5-9-20(10-6-18)21-11-7-19(8-12-21)17-30-27(32)22-13-14-26-24(15-22)31-28(33)23-3-1-2-4-25(23)34-26/h1-15H,16-17,29H2,(H,30,32)(H,31,33). The molecule has 0 bridgehead atoms. The molecule has 5 rings (SSSR count). The second kappa shape index (κ2) is 9.21. The minimum absolute atomic E-state index is 0.236. The van der Waals surface area contributed by atoms with Crippen molar-refractivity contribution < 1.29 is 14.3 Å². The Morgan fingerprint density at radius 2 is 1.50 bits per heavy atom. The van der Waals surface area contributed by atoms with E-state index in [2.05, 4.69) is 22.8 Å². The summed E-state index contributed by atoms with van der Waals surface area (Å²) in [5.74, 6) is 0.463. The Bertz CT molecular complexity index is 1360. The molecule has 34 heavy (non-hydrogen) atoms. The van der Waals surface area contributed by atoms with Crippen molar-refractivity contribution in [2.24, 2.45) is 5.73 Å². The van der Waals surface area contributed by atoms with Gasteiger partial charge in [0.25, 0.3) is 11.8 Å². The molecular formula is C28H23N3O3. The third-order valence-corrected chi connectivity index (χ3v) is 5.77. The van der Waals surface area contributed by atoms with Crippen molar-refractivity contribution in [3.63, 3.8) is 0 Å². The van der Waals surface area contributed by atoms with Gasteiger partial charge in [-0.05, 0) is 52.6 Å². The third kappa shape index (κ3) is 4.40. The lowest BCUT2D eigenvalue weighted by Gasteiger charge is -2.11. The molecule has 0 saturated carbocycles. The smallest absolute Gasteiger partial charge is 0.259 e. The van der Waals surface area contributed by atoms with Gasteiger partial charge in [0.2, 0.25) is 0 Å². The molecule has 168 valence electrons. The molecule has 4 aromatic carbocycles. The molecule has 0 radical (unpaired) electrons. The second-order valence-electron chi connectivity index (χ2n) is 8.04. The van der Waals surface area contributed by atoms with Gasteiger partial charge >= 0.3 is 0 Å². The summed E-state index contributed by atoms with van der Waals surface area (Å²) < 4.78 is 5.88. The van der Waals surface area contributed by atoms with Gasteiger partial charge in [-0.25, -0.2) is 0 Å². The molecule has 0 spiro atoms. The molecule has 1 heterocycles. The first-order valence-electron chi connectivity index (χ1n) is 11.0. The Morgan fingerprint density at radius 1 is 0.824 bits per heavy atom. The fraction of sp³-hybridized carbons (Fsp3) is 0.0714. The molecule has 0 aromatic heterocycles. The van der Waals surface area contributed by atoms with Crippen LogP contribution in [0.4, 0.5) is 5.69 Å². The molecule has 0 atom stereocenters. The number of anilines is 1. The van der Waals surface area contributed by atoms with Gasteiger partial charge in [-0.15, -0.1) is 0 Å². The summed E-state index contributed by atoms with van der Waals surface area (Å²) >= 11 is 0. The first-order chi connectivity index (χ1) is 16.6. The number of rotatable bonds is 5. The normalized spacial score (nSPS) is 12.0. The van der Waals surface area contributed by atoms with Crippen molar-refractivity contribution in [3.8, 4) is 22.6 Å². The van der Waals surface area contributed by atoms with Crippen LogP contribution in [0.3, 0.4) is 0 Å². The number of ether oxygens (including phenoxy) is 1. The minimum atomic E-state index is -0.273. The van der Waals surface area contributed by atoms with Crippen molar-refractivity contribution in [3.05, 3.63) is 113 Å². The van der Waals surface area contributed by atoms with Crippen LogP contribution in [-0.4, -0.2) is 11.8 Å². The predicted molar refractivity (Wildman–Crippen MR) is 132 cm³/mol. The van der Waals surface area contributed by atoms with E-state index in [-0.39, 0.29) is 11.8 Å². The SMILES string of the molecule is NCc1ccc(-c2ccc(CNC(=O)c3ccc4c(c3)NC(=O)c3ccccc3O4)cc2)cc1. The van der Waals surface area contributed by atoms with E-state index in [0.717, 1.165) is 22.3 Å². The molecule has 0 saturated heterocycles. The second-order valence-corrected chi connectivity index (χ2v) is 8.04. The van der Waals surface area contributed by atoms with Crippen LogP contribution in [0.2, 0.25) is 0 Å². The summed E-state index contributed by atoms with van der Waals surface area (Å²) in [5.41, 5.74) is 11.3. The van der Waals surface area contributed by atoms with Gasteiger partial charge in [0.15, 0.2) is 5.75 Å². The Kier molecular flexibility index (Phi) is 5.81. The number of fused-ring (bicyclic) bond motifs is 2. The van der Waals surface area contributed by atoms with Crippen LogP contribution in [-0.2, 0) is 13.1 Å². The monoisotopic (exact) mass is 449 g/mol. The van der Waals surface area contributed by atoms with Crippen molar-refractivity contribution in [1.29, 1.82) is 0 Å². The minimum Gasteiger partial charge on any atom is -0.454 e. The topological polar surface area (TPSA) is 93.5 Å². The van der Waals surface area contributed by atoms with Crippen molar-refractivity contribution >= 4 is 17.5 Å². The molecule has 4 aromatic rings. The van der Waals surface area contributed by atoms with Crippen LogP contribution in [0, 0.1) is 0 Å². The Hall–Kier alpha value is -4.42. The molecular weight excluding hydrogens is 426 g/mol. The lowest BCUT2D eigenvalue weighted by molar-refractivity contribution is 0.0949. The number of nitrogens with two attached hydrogens (primary N) is 1. The summed E-state index contributed by atoms with van der Waals surface area (Å²) in [4.78, 5) is 25.3. The number of benzene rings is 4. The average molecular weight is 450 g/mol. The zero-order valence-electron chi connectivity index (χ0n) is 18.4. The van der Waals surface area contributed by atoms with Crippen molar-refractivity contribution in [1.82, 2.24) is 5.32 Å². The first-order valence-corrected chi connectivity index (χ1v) is 11.0. The maximum Gasteiger partial charge on any atom is 0.259 e. The van der Waals surface area contributed by atoms with Crippen molar-refractivity contribution in [2.75, 3.05) is 5.32 Å². The van der Waals surface area contributed by atoms with E-state index in [4.69, 9.17) is 10.5 Å². The first kappa shape index (κ1) is 21.4. The van der Waals surface area contributed by atoms with Gasteiger partial charge in [0.05, 0.1) is 11.3 Å². The fourth-order valence-electron chi connectivity index (χ4n) is 3.84. The summed E-state index contributed by atoms with van der Waals surface area (Å²) in [6.07, 6.45) is 0. The van der Waals surface area contributed by atoms with Crippen LogP contribution in [0.15, 0.2) is 91.0 Å². The summed E-state index contributed by atoms with van der Waals surface area (Å²) in [6, 6.07) is 28.2. The van der Waals surface area contributed by atoms with Gasteiger partial charge < -0.3 is 21.1 Å². The predicted octanol–water partition coefficient (Wildman–Crippen LogP) is 5.10. The zero-order valence-corrected chi connectivity index (χ0v) is 18.4. The highest BCUT2D eigenvalue weighted by molar-refractivity contribution is 6.08. The van der Waals surface area contributed by atoms with Gasteiger partial charge in [-0.2, -0.15) is 0 Å². The highest BCUT2D eigenvalue weighted by Crippen LogP contribution is 2.36. The maximum atomic E-state index is 12.8. The van der Waals surface area contributed by atoms with Crippen LogP contribution >= 0.6 is 0 Å². The van der Waals surface area contributed by atoms with Gasteiger partial charge in [0, 0.05) is 18.7 Å². The number of hydrogen-bond donors (Lipinski definition) is 3. The van der Waals surface area contributed by atoms with Crippen LogP contribution < -0.4 is 21.1 Å². The van der Waals surface area contributed by atoms with E-state index in [1.807, 2.05) is 42.5 Å². The molecule has 2 amide bonds. The zero-order chi connectivity index (χ0) is 23.5. The number of hydrogen-bond acceptors (Lipinski definition) is 4. The molecule has 0 fully saturated rings. The molecule has 4 N–H and O–H groups in total. The molecule has 1 aliphatic rings. The number of nitrogens with one attached hydrogen (secondary N) is 2. The van der Waals surface area contributed by atoms with E-state index in [1.54, 1.807) is 36.4 Å². The highest BCUT2D eigenvalue weighted by atomic mass is 16.5. The van der Waals surface area contributed by atoms with Gasteiger partial charge in [-0.3, -0.25) is 9.59 Å². The lowest BCUT2D eigenvalue weighted by atomic mass is 10.0. The summed E-state index contributed by atoms with van der Waals surface area (Å²) in [7, 11) is 0. The number of amides is 2. The van der Waals surface area contributed by atoms with Gasteiger partial charge in [0.1, 0.15) is 5.75 Å². The Labute approximate surface area is 197 Å². The molecule has 6 heteroatoms. The van der Waals surface area contributed by atoms with Gasteiger partial charge in [-0.1, -0.05) is 60.7 Å². The molecule has 1 aliphatic heterocycles. The van der Waals surface area contributed by atoms with Crippen molar-refractivity contribution in [2.45, 2.75) is 13.1 Å². The summed E-state index contributed by atoms with van der Waals surface area (Å²) in [6.45, 7) is 0.910. The fourth-order valence-corrected chi connectivity index (χ4v) is 3.84. The third-order valence-electron chi connectivity index (χ3n) is 5.77. The Balaban J connectivity index is 1.25.